The van der Waals surface area contributed by atoms with Gasteiger partial charge >= 0.3 is 6.03 Å². The van der Waals surface area contributed by atoms with E-state index >= 15 is 0 Å². The van der Waals surface area contributed by atoms with E-state index in [1.54, 1.807) is 36.4 Å². The summed E-state index contributed by atoms with van der Waals surface area (Å²) in [7, 11) is 2.99. The first-order valence-electron chi connectivity index (χ1n) is 8.46. The van der Waals surface area contributed by atoms with Crippen molar-refractivity contribution >= 4 is 29.0 Å². The second-order valence-corrected chi connectivity index (χ2v) is 6.12. The Morgan fingerprint density at radius 3 is 2.43 bits per heavy atom. The molecule has 8 nitrogen and oxygen atoms in total. The van der Waals surface area contributed by atoms with Gasteiger partial charge in [0.25, 0.3) is 0 Å². The van der Waals surface area contributed by atoms with Gasteiger partial charge in [-0.25, -0.2) is 4.79 Å². The highest BCUT2D eigenvalue weighted by molar-refractivity contribution is 6.32. The molecule has 1 heterocycles. The summed E-state index contributed by atoms with van der Waals surface area (Å²) in [4.78, 5) is 16.6. The Balaban J connectivity index is 1.69. The van der Waals surface area contributed by atoms with Gasteiger partial charge in [-0.3, -0.25) is 0 Å². The largest absolute Gasteiger partial charge is 0.495 e. The molecule has 0 aliphatic rings. The van der Waals surface area contributed by atoms with E-state index in [0.29, 0.717) is 46.0 Å². The van der Waals surface area contributed by atoms with Crippen LogP contribution in [0.5, 0.6) is 11.5 Å². The average Bonchev–Trinajstić information content (AvgIpc) is 3.18. The number of hydrogen-bond acceptors (Lipinski definition) is 6. The van der Waals surface area contributed by atoms with Gasteiger partial charge in [-0.1, -0.05) is 23.7 Å². The molecule has 2 N–H and O–H groups in total. The Bertz CT molecular complexity index is 973. The summed E-state index contributed by atoms with van der Waals surface area (Å²) >= 11 is 6.12. The van der Waals surface area contributed by atoms with Gasteiger partial charge in [0.15, 0.2) is 0 Å². The number of rotatable bonds is 6. The minimum Gasteiger partial charge on any atom is -0.495 e. The predicted molar refractivity (Wildman–Crippen MR) is 106 cm³/mol. The molecule has 3 aromatic rings. The number of urea groups is 1. The average molecular weight is 403 g/mol. The number of anilines is 2. The highest BCUT2D eigenvalue weighted by Crippen LogP contribution is 2.35. The van der Waals surface area contributed by atoms with E-state index in [-0.39, 0.29) is 0 Å². The van der Waals surface area contributed by atoms with Crippen LogP contribution in [0.3, 0.4) is 0 Å². The van der Waals surface area contributed by atoms with Crippen LogP contribution < -0.4 is 20.1 Å². The standard InChI is InChI=1S/C19H19ClN4O4/c1-4-17-23-18(24-28-17)11-5-7-12(8-6-11)21-19(25)22-14-9-13(20)15(26-2)10-16(14)27-3/h5-10H,4H2,1-3H3,(H2,21,22,25). The summed E-state index contributed by atoms with van der Waals surface area (Å²) in [6.07, 6.45) is 0.672. The molecule has 1 aromatic heterocycles. The lowest BCUT2D eigenvalue weighted by atomic mass is 10.2. The fourth-order valence-corrected chi connectivity index (χ4v) is 2.70. The van der Waals surface area contributed by atoms with E-state index in [0.717, 1.165) is 5.56 Å². The van der Waals surface area contributed by atoms with Crippen molar-refractivity contribution < 1.29 is 18.8 Å². The van der Waals surface area contributed by atoms with Crippen molar-refractivity contribution in [3.8, 4) is 22.9 Å². The van der Waals surface area contributed by atoms with Crippen LogP contribution in [-0.4, -0.2) is 30.4 Å². The van der Waals surface area contributed by atoms with Gasteiger partial charge in [0.2, 0.25) is 11.7 Å². The van der Waals surface area contributed by atoms with Crippen molar-refractivity contribution in [3.05, 3.63) is 47.3 Å². The summed E-state index contributed by atoms with van der Waals surface area (Å²) in [5, 5.41) is 9.72. The number of nitrogens with one attached hydrogen (secondary N) is 2. The van der Waals surface area contributed by atoms with Crippen molar-refractivity contribution in [1.82, 2.24) is 10.1 Å². The minimum absolute atomic E-state index is 0.356. The fourth-order valence-electron chi connectivity index (χ4n) is 2.46. The number of aromatic nitrogens is 2. The zero-order chi connectivity index (χ0) is 20.1. The topological polar surface area (TPSA) is 98.5 Å². The first-order chi connectivity index (χ1) is 13.5. The molecule has 0 atom stereocenters. The molecule has 146 valence electrons. The summed E-state index contributed by atoms with van der Waals surface area (Å²) in [6, 6.07) is 9.80. The highest BCUT2D eigenvalue weighted by Gasteiger charge is 2.13. The molecule has 0 aliphatic carbocycles. The molecule has 28 heavy (non-hydrogen) atoms. The Kier molecular flexibility index (Phi) is 6.00. The lowest BCUT2D eigenvalue weighted by Crippen LogP contribution is -2.19. The number of amides is 2. The number of hydrogen-bond donors (Lipinski definition) is 2. The molecule has 3 rings (SSSR count). The van der Waals surface area contributed by atoms with Gasteiger partial charge in [0.05, 0.1) is 24.9 Å². The number of nitrogens with zero attached hydrogens (tertiary/aromatic N) is 2. The third kappa shape index (κ3) is 4.34. The maximum atomic E-state index is 12.3. The van der Waals surface area contributed by atoms with Crippen LogP contribution in [0.4, 0.5) is 16.2 Å². The van der Waals surface area contributed by atoms with Crippen molar-refractivity contribution in [2.45, 2.75) is 13.3 Å². The van der Waals surface area contributed by atoms with Crippen LogP contribution in [0.2, 0.25) is 5.02 Å². The second-order valence-electron chi connectivity index (χ2n) is 5.71. The van der Waals surface area contributed by atoms with E-state index in [2.05, 4.69) is 20.8 Å². The summed E-state index contributed by atoms with van der Waals surface area (Å²) < 4.78 is 15.5. The first kappa shape index (κ1) is 19.5. The zero-order valence-electron chi connectivity index (χ0n) is 15.6. The Labute approximate surface area is 166 Å². The van der Waals surface area contributed by atoms with Crippen LogP contribution in [-0.2, 0) is 6.42 Å². The second kappa shape index (κ2) is 8.62. The van der Waals surface area contributed by atoms with Crippen molar-refractivity contribution in [3.63, 3.8) is 0 Å². The van der Waals surface area contributed by atoms with Gasteiger partial charge in [-0.05, 0) is 30.3 Å². The van der Waals surface area contributed by atoms with Crippen molar-refractivity contribution in [2.75, 3.05) is 24.9 Å². The lowest BCUT2D eigenvalue weighted by molar-refractivity contribution is 0.262. The maximum absolute atomic E-state index is 12.3. The number of carbonyl (C=O) groups is 1. The summed E-state index contributed by atoms with van der Waals surface area (Å²) in [5.74, 6) is 1.96. The number of carbonyl (C=O) groups excluding carboxylic acids is 1. The fraction of sp³-hybridized carbons (Fsp3) is 0.211. The normalized spacial score (nSPS) is 10.4. The van der Waals surface area contributed by atoms with Crippen LogP contribution in [0.1, 0.15) is 12.8 Å². The van der Waals surface area contributed by atoms with Crippen LogP contribution in [0, 0.1) is 0 Å². The smallest absolute Gasteiger partial charge is 0.323 e. The number of ether oxygens (including phenoxy) is 2. The SMILES string of the molecule is CCc1nc(-c2ccc(NC(=O)Nc3cc(Cl)c(OC)cc3OC)cc2)no1. The molecule has 9 heteroatoms. The first-order valence-corrected chi connectivity index (χ1v) is 8.84. The molecule has 0 unspecified atom stereocenters. The quantitative estimate of drug-likeness (QED) is 0.624. The molecular weight excluding hydrogens is 384 g/mol. The van der Waals surface area contributed by atoms with Crippen LogP contribution in [0.15, 0.2) is 40.9 Å². The predicted octanol–water partition coefficient (Wildman–Crippen LogP) is 4.61. The van der Waals surface area contributed by atoms with Gasteiger partial charge in [0.1, 0.15) is 11.5 Å². The van der Waals surface area contributed by atoms with E-state index in [1.165, 1.54) is 14.2 Å². The van der Waals surface area contributed by atoms with Gasteiger partial charge in [-0.2, -0.15) is 4.98 Å². The number of halogens is 1. The Morgan fingerprint density at radius 2 is 1.82 bits per heavy atom. The van der Waals surface area contributed by atoms with Crippen LogP contribution >= 0.6 is 11.6 Å². The van der Waals surface area contributed by atoms with Crippen molar-refractivity contribution in [2.24, 2.45) is 0 Å². The van der Waals surface area contributed by atoms with Gasteiger partial charge in [0, 0.05) is 23.7 Å². The highest BCUT2D eigenvalue weighted by atomic mass is 35.5. The van der Waals surface area contributed by atoms with Gasteiger partial charge in [-0.15, -0.1) is 0 Å². The van der Waals surface area contributed by atoms with E-state index in [4.69, 9.17) is 25.6 Å². The van der Waals surface area contributed by atoms with E-state index < -0.39 is 6.03 Å². The molecule has 0 radical (unpaired) electrons. The maximum Gasteiger partial charge on any atom is 0.323 e. The molecular formula is C19H19ClN4O4. The Hall–Kier alpha value is -3.26. The minimum atomic E-state index is -0.444. The third-order valence-corrected chi connectivity index (χ3v) is 4.19. The molecule has 2 aromatic carbocycles. The van der Waals surface area contributed by atoms with Crippen molar-refractivity contribution in [1.29, 1.82) is 0 Å². The zero-order valence-corrected chi connectivity index (χ0v) is 16.3. The molecule has 0 bridgehead atoms. The number of methoxy groups -OCH3 is 2. The molecule has 0 saturated heterocycles. The number of aryl methyl sites for hydroxylation is 1. The van der Waals surface area contributed by atoms with Crippen LogP contribution in [0.25, 0.3) is 11.4 Å². The molecule has 0 fully saturated rings. The Morgan fingerprint density at radius 1 is 1.11 bits per heavy atom. The molecule has 0 spiro atoms. The van der Waals surface area contributed by atoms with E-state index in [1.807, 2.05) is 6.92 Å². The summed E-state index contributed by atoms with van der Waals surface area (Å²) in [6.45, 7) is 1.94. The third-order valence-electron chi connectivity index (χ3n) is 3.89. The monoisotopic (exact) mass is 402 g/mol. The molecule has 2 amide bonds. The van der Waals surface area contributed by atoms with Gasteiger partial charge < -0.3 is 24.6 Å². The summed E-state index contributed by atoms with van der Waals surface area (Å²) in [5.41, 5.74) is 1.80. The number of benzene rings is 2. The lowest BCUT2D eigenvalue weighted by Gasteiger charge is -2.13. The molecule has 0 saturated carbocycles. The van der Waals surface area contributed by atoms with E-state index in [9.17, 15) is 4.79 Å². The molecule has 0 aliphatic heterocycles.